The summed E-state index contributed by atoms with van der Waals surface area (Å²) in [4.78, 5) is 48.9. The van der Waals surface area contributed by atoms with Gasteiger partial charge in [-0.25, -0.2) is 4.79 Å². The molecule has 3 rings (SSSR count). The predicted octanol–water partition coefficient (Wildman–Crippen LogP) is 2.55. The van der Waals surface area contributed by atoms with Crippen LogP contribution in [0, 0.1) is 5.92 Å². The van der Waals surface area contributed by atoms with Crippen LogP contribution >= 0.6 is 0 Å². The Labute approximate surface area is 163 Å². The van der Waals surface area contributed by atoms with Crippen LogP contribution in [0.1, 0.15) is 60.9 Å². The van der Waals surface area contributed by atoms with Gasteiger partial charge in [-0.1, -0.05) is 0 Å². The Kier molecular flexibility index (Phi) is 6.11. The molecule has 1 aliphatic carbocycles. The molecule has 150 valence electrons. The van der Waals surface area contributed by atoms with E-state index in [1.165, 1.54) is 13.2 Å². The number of hydrogen-bond acceptors (Lipinski definition) is 7. The average Bonchev–Trinajstić information content (AvgIpc) is 3.10. The molecule has 1 N–H and O–H groups in total. The van der Waals surface area contributed by atoms with E-state index >= 15 is 0 Å². The fraction of sp³-hybridized carbons (Fsp3) is 0.524. The van der Waals surface area contributed by atoms with Crippen molar-refractivity contribution in [1.82, 2.24) is 0 Å². The second kappa shape index (κ2) is 8.54. The van der Waals surface area contributed by atoms with Gasteiger partial charge in [0.2, 0.25) is 11.6 Å². The van der Waals surface area contributed by atoms with Crippen molar-refractivity contribution >= 4 is 23.3 Å². The summed E-state index contributed by atoms with van der Waals surface area (Å²) < 4.78 is 10.8. The third-order valence-corrected chi connectivity index (χ3v) is 5.56. The average molecular weight is 388 g/mol. The Balaban J connectivity index is 1.94. The van der Waals surface area contributed by atoms with Crippen LogP contribution in [0.2, 0.25) is 0 Å². The molecule has 0 unspecified atom stereocenters. The largest absolute Gasteiger partial charge is 0.507 e. The zero-order chi connectivity index (χ0) is 20.3. The van der Waals surface area contributed by atoms with E-state index in [2.05, 4.69) is 0 Å². The van der Waals surface area contributed by atoms with E-state index in [0.717, 1.165) is 12.8 Å². The summed E-state index contributed by atoms with van der Waals surface area (Å²) >= 11 is 0. The quantitative estimate of drug-likeness (QED) is 0.582. The molecule has 7 nitrogen and oxygen atoms in total. The summed E-state index contributed by atoms with van der Waals surface area (Å²) in [5.74, 6) is -2.84. The van der Waals surface area contributed by atoms with Gasteiger partial charge in [0, 0.05) is 18.9 Å². The van der Waals surface area contributed by atoms with Gasteiger partial charge in [-0.3, -0.25) is 14.4 Å². The van der Waals surface area contributed by atoms with Crippen molar-refractivity contribution in [1.29, 1.82) is 0 Å². The van der Waals surface area contributed by atoms with Crippen molar-refractivity contribution in [2.45, 2.75) is 57.5 Å². The number of aryl methyl sites for hydroxylation is 1. The van der Waals surface area contributed by atoms with Gasteiger partial charge >= 0.3 is 5.97 Å². The van der Waals surface area contributed by atoms with Gasteiger partial charge in [0.15, 0.2) is 0 Å². The van der Waals surface area contributed by atoms with Crippen molar-refractivity contribution in [3.63, 3.8) is 0 Å². The summed E-state index contributed by atoms with van der Waals surface area (Å²) in [6, 6.07) is 2.97. The van der Waals surface area contributed by atoms with E-state index in [1.807, 2.05) is 0 Å². The van der Waals surface area contributed by atoms with Crippen LogP contribution in [0.25, 0.3) is 0 Å². The van der Waals surface area contributed by atoms with Gasteiger partial charge in [0.1, 0.15) is 23.2 Å². The van der Waals surface area contributed by atoms with Crippen LogP contribution in [0.3, 0.4) is 0 Å². The molecule has 2 aliphatic rings. The molecule has 1 heterocycles. The number of Topliss-reactive ketones (excluding diaryl/α,β-unsaturated/α-hetero) is 3. The number of fused-ring (bicyclic) bond motifs is 2. The Morgan fingerprint density at radius 1 is 0.964 bits per heavy atom. The SMILES string of the molecule is COc1cc(O)c2c(c1)CCCC(=O)C(=O)C(=O)CC[C@@H]1CCC[C@@H]1OC2=O. The Bertz CT molecular complexity index is 811. The maximum Gasteiger partial charge on any atom is 0.342 e. The number of phenols is 1. The lowest BCUT2D eigenvalue weighted by Crippen LogP contribution is -2.27. The van der Waals surface area contributed by atoms with Gasteiger partial charge in [-0.2, -0.15) is 0 Å². The highest BCUT2D eigenvalue weighted by Crippen LogP contribution is 2.35. The predicted molar refractivity (Wildman–Crippen MR) is 98.4 cm³/mol. The van der Waals surface area contributed by atoms with Crippen molar-refractivity contribution in [2.75, 3.05) is 7.11 Å². The van der Waals surface area contributed by atoms with Crippen LogP contribution in [-0.2, 0) is 25.5 Å². The zero-order valence-corrected chi connectivity index (χ0v) is 15.9. The first-order valence-electron chi connectivity index (χ1n) is 9.62. The number of ether oxygens (including phenoxy) is 2. The highest BCUT2D eigenvalue weighted by molar-refractivity contribution is 6.63. The fourth-order valence-corrected chi connectivity index (χ4v) is 4.03. The first-order chi connectivity index (χ1) is 13.4. The summed E-state index contributed by atoms with van der Waals surface area (Å²) in [6.07, 6.45) is 2.75. The third kappa shape index (κ3) is 4.24. The van der Waals surface area contributed by atoms with Crippen LogP contribution in [0.5, 0.6) is 11.5 Å². The summed E-state index contributed by atoms with van der Waals surface area (Å²) in [7, 11) is 1.44. The zero-order valence-electron chi connectivity index (χ0n) is 15.9. The lowest BCUT2D eigenvalue weighted by Gasteiger charge is -2.21. The number of phenolic OH excluding ortho intramolecular Hbond substituents is 1. The maximum absolute atomic E-state index is 12.8. The Morgan fingerprint density at radius 3 is 2.46 bits per heavy atom. The lowest BCUT2D eigenvalue weighted by atomic mass is 9.94. The van der Waals surface area contributed by atoms with Gasteiger partial charge in [0.05, 0.1) is 7.11 Å². The molecule has 0 saturated heterocycles. The monoisotopic (exact) mass is 388 g/mol. The fourth-order valence-electron chi connectivity index (χ4n) is 4.03. The van der Waals surface area contributed by atoms with Crippen molar-refractivity contribution < 1.29 is 33.8 Å². The lowest BCUT2D eigenvalue weighted by molar-refractivity contribution is -0.144. The van der Waals surface area contributed by atoms with Gasteiger partial charge in [-0.05, 0) is 56.1 Å². The molecule has 1 aromatic rings. The number of aromatic hydroxyl groups is 1. The molecule has 1 aromatic carbocycles. The van der Waals surface area contributed by atoms with Crippen molar-refractivity contribution in [3.8, 4) is 11.5 Å². The Hall–Kier alpha value is -2.70. The molecule has 28 heavy (non-hydrogen) atoms. The number of methoxy groups -OCH3 is 1. The molecule has 2 atom stereocenters. The molecule has 0 spiro atoms. The molecular weight excluding hydrogens is 364 g/mol. The second-order valence-corrected chi connectivity index (χ2v) is 7.38. The molecular formula is C21H24O7. The minimum atomic E-state index is -0.947. The molecule has 1 fully saturated rings. The standard InChI is InChI=1S/C21H24O7/c1-27-14-10-13-5-2-6-15(22)20(25)16(23)9-8-12-4-3-7-18(12)28-21(26)19(13)17(24)11-14/h10-12,18,24H,2-9H2,1H3/t12-,18-/m0/s1. The van der Waals surface area contributed by atoms with E-state index in [1.54, 1.807) is 6.07 Å². The minimum absolute atomic E-state index is 0.0116. The summed E-state index contributed by atoms with van der Waals surface area (Å²) in [6.45, 7) is 0. The molecule has 7 heteroatoms. The normalized spacial score (nSPS) is 24.2. The van der Waals surface area contributed by atoms with Crippen LogP contribution in [-0.4, -0.2) is 41.6 Å². The van der Waals surface area contributed by atoms with Crippen LogP contribution in [0.15, 0.2) is 12.1 Å². The molecule has 0 radical (unpaired) electrons. The van der Waals surface area contributed by atoms with E-state index < -0.39 is 23.3 Å². The Morgan fingerprint density at radius 2 is 1.71 bits per heavy atom. The van der Waals surface area contributed by atoms with Gasteiger partial charge in [0.25, 0.3) is 5.78 Å². The van der Waals surface area contributed by atoms with E-state index in [4.69, 9.17) is 9.47 Å². The topological polar surface area (TPSA) is 107 Å². The molecule has 0 aromatic heterocycles. The second-order valence-electron chi connectivity index (χ2n) is 7.38. The molecule has 1 aliphatic heterocycles. The number of benzene rings is 1. The van der Waals surface area contributed by atoms with Crippen molar-refractivity contribution in [3.05, 3.63) is 23.3 Å². The first-order valence-corrected chi connectivity index (χ1v) is 9.62. The third-order valence-electron chi connectivity index (χ3n) is 5.56. The number of rotatable bonds is 1. The molecule has 0 bridgehead atoms. The number of ketones is 3. The molecule has 0 amide bonds. The number of esters is 1. The van der Waals surface area contributed by atoms with Gasteiger partial charge < -0.3 is 14.6 Å². The van der Waals surface area contributed by atoms with E-state index in [0.29, 0.717) is 24.2 Å². The van der Waals surface area contributed by atoms with Crippen LogP contribution < -0.4 is 4.74 Å². The summed E-state index contributed by atoms with van der Waals surface area (Å²) in [5.41, 5.74) is 0.554. The van der Waals surface area contributed by atoms with Crippen molar-refractivity contribution in [2.24, 2.45) is 5.92 Å². The highest BCUT2D eigenvalue weighted by Gasteiger charge is 2.34. The first kappa shape index (κ1) is 20.0. The number of hydrogen-bond donors (Lipinski definition) is 1. The highest BCUT2D eigenvalue weighted by atomic mass is 16.5. The van der Waals surface area contributed by atoms with Gasteiger partial charge in [-0.15, -0.1) is 0 Å². The number of carbonyl (C=O) groups excluding carboxylic acids is 4. The maximum atomic E-state index is 12.8. The smallest absolute Gasteiger partial charge is 0.342 e. The van der Waals surface area contributed by atoms with E-state index in [9.17, 15) is 24.3 Å². The minimum Gasteiger partial charge on any atom is -0.507 e. The summed E-state index contributed by atoms with van der Waals surface area (Å²) in [5, 5.41) is 10.4. The van der Waals surface area contributed by atoms with Crippen LogP contribution in [0.4, 0.5) is 0 Å². The number of carbonyl (C=O) groups is 4. The molecule has 1 saturated carbocycles. The van der Waals surface area contributed by atoms with E-state index in [-0.39, 0.29) is 49.0 Å².